The van der Waals surface area contributed by atoms with Gasteiger partial charge in [-0.3, -0.25) is 5.10 Å². The first kappa shape index (κ1) is 11.2. The van der Waals surface area contributed by atoms with E-state index in [1.54, 1.807) is 0 Å². The van der Waals surface area contributed by atoms with Gasteiger partial charge in [0.05, 0.1) is 6.61 Å². The van der Waals surface area contributed by atoms with Crippen LogP contribution in [-0.4, -0.2) is 15.2 Å². The Labute approximate surface area is 112 Å². The summed E-state index contributed by atoms with van der Waals surface area (Å²) in [6.07, 6.45) is 4.54. The highest BCUT2D eigenvalue weighted by atomic mass is 16.5. The summed E-state index contributed by atoms with van der Waals surface area (Å²) in [5.41, 5.74) is 0.978. The molecule has 0 spiro atoms. The molecule has 98 valence electrons. The summed E-state index contributed by atoms with van der Waals surface area (Å²) in [6.45, 7) is 0.633. The third-order valence-corrected chi connectivity index (χ3v) is 3.94. The zero-order valence-electron chi connectivity index (χ0n) is 10.8. The van der Waals surface area contributed by atoms with Crippen LogP contribution in [0, 0.1) is 0 Å². The quantitative estimate of drug-likeness (QED) is 0.893. The van der Waals surface area contributed by atoms with E-state index in [9.17, 15) is 0 Å². The number of aromatic amines is 1. The van der Waals surface area contributed by atoms with Gasteiger partial charge in [-0.15, -0.1) is 0 Å². The van der Waals surface area contributed by atoms with Crippen molar-refractivity contribution >= 4 is 0 Å². The molecule has 0 unspecified atom stereocenters. The summed E-state index contributed by atoms with van der Waals surface area (Å²) in [7, 11) is 0. The zero-order valence-corrected chi connectivity index (χ0v) is 10.8. The Kier molecular flexibility index (Phi) is 2.45. The molecule has 2 aliphatic rings. The Bertz CT molecular complexity index is 570. The van der Waals surface area contributed by atoms with Crippen LogP contribution in [0.5, 0.6) is 0 Å². The molecule has 4 rings (SSSR count). The number of benzene rings is 1. The molecule has 19 heavy (non-hydrogen) atoms. The fourth-order valence-electron chi connectivity index (χ4n) is 2.36. The van der Waals surface area contributed by atoms with E-state index < -0.39 is 0 Å². The SMILES string of the molecule is c1ccc(COC2(c3n[nH]c(C4CC4)n3)CC2)cc1. The molecule has 4 heteroatoms. The van der Waals surface area contributed by atoms with Gasteiger partial charge in [-0.1, -0.05) is 30.3 Å². The number of hydrogen-bond donors (Lipinski definition) is 1. The summed E-state index contributed by atoms with van der Waals surface area (Å²) in [4.78, 5) is 4.63. The van der Waals surface area contributed by atoms with Crippen molar-refractivity contribution in [2.24, 2.45) is 0 Å². The summed E-state index contributed by atoms with van der Waals surface area (Å²) < 4.78 is 6.08. The minimum atomic E-state index is -0.223. The van der Waals surface area contributed by atoms with Crippen LogP contribution in [0.25, 0.3) is 0 Å². The molecule has 2 saturated carbocycles. The normalized spacial score (nSPS) is 20.4. The fourth-order valence-corrected chi connectivity index (χ4v) is 2.36. The van der Waals surface area contributed by atoms with Gasteiger partial charge >= 0.3 is 0 Å². The van der Waals surface area contributed by atoms with E-state index in [1.165, 1.54) is 18.4 Å². The standard InChI is InChI=1S/C15H17N3O/c1-2-4-11(5-3-1)10-19-15(8-9-15)14-16-13(17-18-14)12-6-7-12/h1-5,12H,6-10H2,(H,16,17,18). The van der Waals surface area contributed by atoms with E-state index in [1.807, 2.05) is 18.2 Å². The molecule has 1 aromatic heterocycles. The van der Waals surface area contributed by atoms with Crippen molar-refractivity contribution in [2.45, 2.75) is 43.8 Å². The van der Waals surface area contributed by atoms with Crippen molar-refractivity contribution in [3.8, 4) is 0 Å². The van der Waals surface area contributed by atoms with Crippen molar-refractivity contribution in [1.29, 1.82) is 0 Å². The number of nitrogens with one attached hydrogen (secondary N) is 1. The summed E-state index contributed by atoms with van der Waals surface area (Å²) in [5.74, 6) is 2.51. The third kappa shape index (κ3) is 2.16. The number of H-pyrrole nitrogens is 1. The van der Waals surface area contributed by atoms with Gasteiger partial charge in [0.25, 0.3) is 0 Å². The molecule has 0 radical (unpaired) electrons. The number of hydrogen-bond acceptors (Lipinski definition) is 3. The summed E-state index contributed by atoms with van der Waals surface area (Å²) in [6, 6.07) is 10.3. The Morgan fingerprint density at radius 2 is 2.00 bits per heavy atom. The zero-order chi connectivity index (χ0) is 12.7. The molecule has 1 heterocycles. The van der Waals surface area contributed by atoms with Gasteiger partial charge in [-0.25, -0.2) is 4.98 Å². The maximum atomic E-state index is 6.08. The van der Waals surface area contributed by atoms with Crippen molar-refractivity contribution in [2.75, 3.05) is 0 Å². The Morgan fingerprint density at radius 1 is 1.21 bits per heavy atom. The van der Waals surface area contributed by atoms with E-state index in [4.69, 9.17) is 4.74 Å². The van der Waals surface area contributed by atoms with E-state index >= 15 is 0 Å². The second kappa shape index (κ2) is 4.17. The van der Waals surface area contributed by atoms with Gasteiger partial charge in [0.15, 0.2) is 5.82 Å². The van der Waals surface area contributed by atoms with Gasteiger partial charge in [0.2, 0.25) is 0 Å². The van der Waals surface area contributed by atoms with E-state index in [-0.39, 0.29) is 5.60 Å². The molecule has 2 fully saturated rings. The first-order valence-corrected chi connectivity index (χ1v) is 6.96. The van der Waals surface area contributed by atoms with Crippen LogP contribution in [0.3, 0.4) is 0 Å². The highest BCUT2D eigenvalue weighted by Gasteiger charge is 2.50. The molecule has 0 amide bonds. The van der Waals surface area contributed by atoms with Crippen molar-refractivity contribution < 1.29 is 4.74 Å². The van der Waals surface area contributed by atoms with Crippen LogP contribution in [0.2, 0.25) is 0 Å². The first-order valence-electron chi connectivity index (χ1n) is 6.96. The highest BCUT2D eigenvalue weighted by molar-refractivity contribution is 5.17. The van der Waals surface area contributed by atoms with Gasteiger partial charge in [-0.2, -0.15) is 5.10 Å². The second-order valence-electron chi connectivity index (χ2n) is 5.59. The topological polar surface area (TPSA) is 50.8 Å². The molecule has 0 atom stereocenters. The highest BCUT2D eigenvalue weighted by Crippen LogP contribution is 2.49. The molecular formula is C15H17N3O. The predicted octanol–water partition coefficient (Wildman–Crippen LogP) is 2.89. The predicted molar refractivity (Wildman–Crippen MR) is 70.5 cm³/mol. The molecule has 4 nitrogen and oxygen atoms in total. The Balaban J connectivity index is 1.47. The molecule has 1 aromatic carbocycles. The second-order valence-corrected chi connectivity index (χ2v) is 5.59. The smallest absolute Gasteiger partial charge is 0.182 e. The van der Waals surface area contributed by atoms with Crippen molar-refractivity contribution in [3.63, 3.8) is 0 Å². The lowest BCUT2D eigenvalue weighted by atomic mass is 10.2. The van der Waals surface area contributed by atoms with E-state index in [0.29, 0.717) is 12.5 Å². The summed E-state index contributed by atoms with van der Waals surface area (Å²) in [5, 5.41) is 7.43. The molecule has 2 aromatic rings. The number of ether oxygens (including phenoxy) is 1. The molecular weight excluding hydrogens is 238 g/mol. The molecule has 0 aliphatic heterocycles. The van der Waals surface area contributed by atoms with E-state index in [2.05, 4.69) is 27.3 Å². The van der Waals surface area contributed by atoms with Crippen LogP contribution in [0.4, 0.5) is 0 Å². The fraction of sp³-hybridized carbons (Fsp3) is 0.467. The van der Waals surface area contributed by atoms with Crippen molar-refractivity contribution in [3.05, 3.63) is 47.5 Å². The molecule has 0 bridgehead atoms. The van der Waals surface area contributed by atoms with Crippen LogP contribution in [-0.2, 0) is 16.9 Å². The van der Waals surface area contributed by atoms with Gasteiger partial charge in [-0.05, 0) is 31.2 Å². The maximum absolute atomic E-state index is 6.08. The number of nitrogens with zero attached hydrogens (tertiary/aromatic N) is 2. The average Bonchev–Trinajstić information content (AvgIpc) is 3.39. The average molecular weight is 255 g/mol. The van der Waals surface area contributed by atoms with Crippen LogP contribution in [0.1, 0.15) is 48.8 Å². The Hall–Kier alpha value is -1.68. The lowest BCUT2D eigenvalue weighted by Gasteiger charge is -2.12. The molecule has 2 aliphatic carbocycles. The van der Waals surface area contributed by atoms with Crippen LogP contribution < -0.4 is 0 Å². The minimum Gasteiger partial charge on any atom is -0.362 e. The van der Waals surface area contributed by atoms with E-state index in [0.717, 1.165) is 24.5 Å². The number of aromatic nitrogens is 3. The molecule has 1 N–H and O–H groups in total. The largest absolute Gasteiger partial charge is 0.362 e. The monoisotopic (exact) mass is 255 g/mol. The van der Waals surface area contributed by atoms with Gasteiger partial charge in [0.1, 0.15) is 11.4 Å². The Morgan fingerprint density at radius 3 is 2.68 bits per heavy atom. The summed E-state index contributed by atoms with van der Waals surface area (Å²) >= 11 is 0. The lowest BCUT2D eigenvalue weighted by molar-refractivity contribution is 0.0112. The van der Waals surface area contributed by atoms with Crippen LogP contribution in [0.15, 0.2) is 30.3 Å². The lowest BCUT2D eigenvalue weighted by Crippen LogP contribution is -2.14. The first-order chi connectivity index (χ1) is 9.36. The van der Waals surface area contributed by atoms with Crippen LogP contribution >= 0.6 is 0 Å². The third-order valence-electron chi connectivity index (χ3n) is 3.94. The number of rotatable bonds is 5. The molecule has 0 saturated heterocycles. The minimum absolute atomic E-state index is 0.223. The van der Waals surface area contributed by atoms with Gasteiger partial charge in [0, 0.05) is 5.92 Å². The maximum Gasteiger partial charge on any atom is 0.182 e. The van der Waals surface area contributed by atoms with Gasteiger partial charge < -0.3 is 4.74 Å². The van der Waals surface area contributed by atoms with Crippen molar-refractivity contribution in [1.82, 2.24) is 15.2 Å².